The van der Waals surface area contributed by atoms with Crippen LogP contribution in [0.3, 0.4) is 0 Å². The zero-order chi connectivity index (χ0) is 20.1. The molecule has 2 aromatic carbocycles. The van der Waals surface area contributed by atoms with Crippen molar-refractivity contribution in [1.29, 1.82) is 0 Å². The maximum atomic E-state index is 12.7. The van der Waals surface area contributed by atoms with Crippen LogP contribution in [0.4, 0.5) is 0 Å². The Morgan fingerprint density at radius 1 is 1.11 bits per heavy atom. The van der Waals surface area contributed by atoms with E-state index in [1.165, 1.54) is 4.31 Å². The highest BCUT2D eigenvalue weighted by Gasteiger charge is 2.31. The molecule has 0 radical (unpaired) electrons. The van der Waals surface area contributed by atoms with Gasteiger partial charge in [-0.1, -0.05) is 51.8 Å². The zero-order valence-corrected chi connectivity index (χ0v) is 18.4. The molecule has 1 amide bonds. The van der Waals surface area contributed by atoms with E-state index in [4.69, 9.17) is 11.6 Å². The predicted molar refractivity (Wildman–Crippen MR) is 114 cm³/mol. The molecule has 0 aromatic heterocycles. The van der Waals surface area contributed by atoms with Crippen molar-refractivity contribution in [2.24, 2.45) is 5.92 Å². The normalized spacial score (nSPS) is 16.1. The number of amides is 1. The number of hydrogen-bond donors (Lipinski definition) is 1. The number of nitrogens with zero attached hydrogens (tertiary/aromatic N) is 1. The Bertz CT molecular complexity index is 927. The van der Waals surface area contributed by atoms with Gasteiger partial charge in [-0.2, -0.15) is 0 Å². The highest BCUT2D eigenvalue weighted by molar-refractivity contribution is 9.10. The Morgan fingerprint density at radius 3 is 2.43 bits per heavy atom. The Balaban J connectivity index is 1.50. The fraction of sp³-hybridized carbons (Fsp3) is 0.350. The average molecular weight is 486 g/mol. The molecule has 8 heteroatoms. The van der Waals surface area contributed by atoms with Crippen LogP contribution in [0.1, 0.15) is 24.0 Å². The number of rotatable bonds is 6. The molecule has 1 N–H and O–H groups in total. The van der Waals surface area contributed by atoms with E-state index in [1.807, 2.05) is 30.3 Å². The third kappa shape index (κ3) is 5.80. The monoisotopic (exact) mass is 484 g/mol. The Labute approximate surface area is 179 Å². The molecule has 0 atom stereocenters. The molecule has 2 aromatic rings. The lowest BCUT2D eigenvalue weighted by Gasteiger charge is -2.30. The van der Waals surface area contributed by atoms with Gasteiger partial charge in [0, 0.05) is 35.0 Å². The predicted octanol–water partition coefficient (Wildman–Crippen LogP) is 3.96. The van der Waals surface area contributed by atoms with Crippen molar-refractivity contribution in [3.63, 3.8) is 0 Å². The van der Waals surface area contributed by atoms with Gasteiger partial charge in [0.1, 0.15) is 0 Å². The van der Waals surface area contributed by atoms with E-state index in [0.29, 0.717) is 37.5 Å². The van der Waals surface area contributed by atoms with Gasteiger partial charge in [0.05, 0.1) is 5.75 Å². The molecule has 1 aliphatic rings. The molecule has 0 aliphatic carbocycles. The largest absolute Gasteiger partial charge is 0.352 e. The smallest absolute Gasteiger partial charge is 0.223 e. The Morgan fingerprint density at radius 2 is 1.79 bits per heavy atom. The highest BCUT2D eigenvalue weighted by Crippen LogP contribution is 2.23. The van der Waals surface area contributed by atoms with E-state index < -0.39 is 10.0 Å². The van der Waals surface area contributed by atoms with E-state index in [1.54, 1.807) is 18.2 Å². The van der Waals surface area contributed by atoms with Crippen LogP contribution in [-0.2, 0) is 27.1 Å². The summed E-state index contributed by atoms with van der Waals surface area (Å²) in [6.07, 6.45) is 1.06. The van der Waals surface area contributed by atoms with Crippen LogP contribution in [0.5, 0.6) is 0 Å². The van der Waals surface area contributed by atoms with Crippen LogP contribution in [0.25, 0.3) is 0 Å². The summed E-state index contributed by atoms with van der Waals surface area (Å²) in [5.41, 5.74) is 1.73. The summed E-state index contributed by atoms with van der Waals surface area (Å²) in [5.74, 6) is -0.219. The summed E-state index contributed by atoms with van der Waals surface area (Å²) < 4.78 is 27.7. The first kappa shape index (κ1) is 21.3. The summed E-state index contributed by atoms with van der Waals surface area (Å²) in [6.45, 7) is 1.18. The van der Waals surface area contributed by atoms with Crippen molar-refractivity contribution in [3.05, 3.63) is 69.2 Å². The van der Waals surface area contributed by atoms with Crippen LogP contribution in [-0.4, -0.2) is 31.7 Å². The molecule has 0 spiro atoms. The van der Waals surface area contributed by atoms with E-state index in [0.717, 1.165) is 15.6 Å². The second kappa shape index (κ2) is 9.39. The number of hydrogen-bond acceptors (Lipinski definition) is 3. The van der Waals surface area contributed by atoms with Crippen LogP contribution >= 0.6 is 27.5 Å². The van der Waals surface area contributed by atoms with Gasteiger partial charge in [-0.3, -0.25) is 4.79 Å². The molecule has 0 saturated carbocycles. The van der Waals surface area contributed by atoms with Gasteiger partial charge in [-0.05, 0) is 48.2 Å². The number of carbonyl (C=O) groups is 1. The topological polar surface area (TPSA) is 66.5 Å². The number of halogens is 2. The SMILES string of the molecule is O=C(NCc1ccc(Cl)cc1)C1CCN(S(=O)(=O)Cc2cccc(Br)c2)CC1. The molecule has 1 heterocycles. The number of benzene rings is 2. The van der Waals surface area contributed by atoms with Gasteiger partial charge in [0.25, 0.3) is 0 Å². The fourth-order valence-electron chi connectivity index (χ4n) is 3.26. The van der Waals surface area contributed by atoms with Crippen molar-refractivity contribution in [3.8, 4) is 0 Å². The first-order valence-corrected chi connectivity index (χ1v) is 11.9. The third-order valence-electron chi connectivity index (χ3n) is 4.84. The lowest BCUT2D eigenvalue weighted by atomic mass is 9.97. The molecular weight excluding hydrogens is 464 g/mol. The second-order valence-corrected chi connectivity index (χ2v) is 10.2. The molecule has 0 bridgehead atoms. The molecule has 1 aliphatic heterocycles. The zero-order valence-electron chi connectivity index (χ0n) is 15.3. The number of sulfonamides is 1. The van der Waals surface area contributed by atoms with Crippen LogP contribution in [0.2, 0.25) is 5.02 Å². The summed E-state index contributed by atoms with van der Waals surface area (Å²) in [6, 6.07) is 14.6. The van der Waals surface area contributed by atoms with Gasteiger partial charge >= 0.3 is 0 Å². The average Bonchev–Trinajstić information content (AvgIpc) is 2.67. The van der Waals surface area contributed by atoms with E-state index >= 15 is 0 Å². The summed E-state index contributed by atoms with van der Waals surface area (Å²) in [4.78, 5) is 12.4. The standard InChI is InChI=1S/C20H22BrClN2O3S/c21-18-3-1-2-16(12-18)14-28(26,27)24-10-8-17(9-11-24)20(25)23-13-15-4-6-19(22)7-5-15/h1-7,12,17H,8-11,13-14H2,(H,23,25). The molecule has 3 rings (SSSR count). The highest BCUT2D eigenvalue weighted by atomic mass is 79.9. The molecule has 28 heavy (non-hydrogen) atoms. The van der Waals surface area contributed by atoms with Gasteiger partial charge in [-0.25, -0.2) is 12.7 Å². The van der Waals surface area contributed by atoms with Crippen molar-refractivity contribution in [1.82, 2.24) is 9.62 Å². The Hall–Kier alpha value is -1.41. The molecular formula is C20H22BrClN2O3S. The van der Waals surface area contributed by atoms with Crippen molar-refractivity contribution >= 4 is 43.5 Å². The minimum absolute atomic E-state index is 0.0279. The van der Waals surface area contributed by atoms with Crippen molar-refractivity contribution < 1.29 is 13.2 Å². The first-order chi connectivity index (χ1) is 13.3. The molecule has 1 fully saturated rings. The van der Waals surface area contributed by atoms with E-state index in [2.05, 4.69) is 21.2 Å². The fourth-order valence-corrected chi connectivity index (χ4v) is 5.38. The lowest BCUT2D eigenvalue weighted by molar-refractivity contribution is -0.126. The van der Waals surface area contributed by atoms with E-state index in [-0.39, 0.29) is 17.6 Å². The summed E-state index contributed by atoms with van der Waals surface area (Å²) >= 11 is 9.23. The number of piperidine rings is 1. The van der Waals surface area contributed by atoms with Crippen LogP contribution in [0.15, 0.2) is 53.0 Å². The van der Waals surface area contributed by atoms with Gasteiger partial charge in [0.2, 0.25) is 15.9 Å². The number of carbonyl (C=O) groups excluding carboxylic acids is 1. The maximum Gasteiger partial charge on any atom is 0.223 e. The summed E-state index contributed by atoms with van der Waals surface area (Å²) in [5, 5.41) is 3.59. The van der Waals surface area contributed by atoms with Crippen molar-refractivity contribution in [2.75, 3.05) is 13.1 Å². The summed E-state index contributed by atoms with van der Waals surface area (Å²) in [7, 11) is -3.39. The van der Waals surface area contributed by atoms with Crippen LogP contribution < -0.4 is 5.32 Å². The van der Waals surface area contributed by atoms with Gasteiger partial charge in [-0.15, -0.1) is 0 Å². The quantitative estimate of drug-likeness (QED) is 0.673. The lowest BCUT2D eigenvalue weighted by Crippen LogP contribution is -2.43. The molecule has 0 unspecified atom stereocenters. The molecule has 150 valence electrons. The van der Waals surface area contributed by atoms with E-state index in [9.17, 15) is 13.2 Å². The minimum atomic E-state index is -3.39. The first-order valence-electron chi connectivity index (χ1n) is 9.08. The van der Waals surface area contributed by atoms with Crippen molar-refractivity contribution in [2.45, 2.75) is 25.1 Å². The van der Waals surface area contributed by atoms with Gasteiger partial charge in [0.15, 0.2) is 0 Å². The molecule has 1 saturated heterocycles. The minimum Gasteiger partial charge on any atom is -0.352 e. The maximum absolute atomic E-state index is 12.7. The third-order valence-corrected chi connectivity index (χ3v) is 7.43. The Kier molecular flexibility index (Phi) is 7.15. The van der Waals surface area contributed by atoms with Crippen LogP contribution in [0, 0.1) is 5.92 Å². The second-order valence-electron chi connectivity index (χ2n) is 6.90. The number of nitrogens with one attached hydrogen (secondary N) is 1. The molecule has 5 nitrogen and oxygen atoms in total. The van der Waals surface area contributed by atoms with Gasteiger partial charge < -0.3 is 5.32 Å².